The average molecular weight is 563 g/mol. The van der Waals surface area contributed by atoms with E-state index in [-0.39, 0.29) is 10.8 Å². The van der Waals surface area contributed by atoms with Crippen molar-refractivity contribution in [2.75, 3.05) is 62.5 Å². The zero-order chi connectivity index (χ0) is 28.1. The van der Waals surface area contributed by atoms with Gasteiger partial charge in [-0.2, -0.15) is 0 Å². The van der Waals surface area contributed by atoms with Crippen molar-refractivity contribution in [1.29, 1.82) is 0 Å². The van der Waals surface area contributed by atoms with Gasteiger partial charge in [-0.1, -0.05) is 30.3 Å². The maximum atomic E-state index is 13.5. The van der Waals surface area contributed by atoms with Crippen LogP contribution in [0.25, 0.3) is 0 Å². The Labute approximate surface area is 237 Å². The van der Waals surface area contributed by atoms with Crippen LogP contribution in [-0.4, -0.2) is 77.0 Å². The van der Waals surface area contributed by atoms with Crippen molar-refractivity contribution >= 4 is 27.3 Å². The van der Waals surface area contributed by atoms with Crippen molar-refractivity contribution in [1.82, 2.24) is 9.80 Å². The van der Waals surface area contributed by atoms with E-state index in [0.717, 1.165) is 43.1 Å². The van der Waals surface area contributed by atoms with Crippen molar-refractivity contribution in [3.8, 4) is 5.75 Å². The van der Waals surface area contributed by atoms with Crippen LogP contribution in [0.5, 0.6) is 5.75 Å². The van der Waals surface area contributed by atoms with Gasteiger partial charge in [-0.25, -0.2) is 8.42 Å². The van der Waals surface area contributed by atoms with E-state index in [4.69, 9.17) is 4.74 Å². The standard InChI is InChI=1S/C31H38N4O4S/c1-24-9-14-27(40(37,38)32-26-12-10-25(11-13-26)15-18-33-16-5-6-17-33)23-28(24)31(36)35-21-19-34(20-22-35)29-7-3-4-8-30(29)39-2/h3-4,7-14,23,32H,5-6,15-22H2,1-2H3. The van der Waals surface area contributed by atoms with E-state index in [2.05, 4.69) is 14.5 Å². The van der Waals surface area contributed by atoms with E-state index in [1.165, 1.54) is 24.5 Å². The van der Waals surface area contributed by atoms with Gasteiger partial charge in [0, 0.05) is 44.0 Å². The molecular weight excluding hydrogens is 524 g/mol. The highest BCUT2D eigenvalue weighted by molar-refractivity contribution is 7.92. The lowest BCUT2D eigenvalue weighted by Crippen LogP contribution is -2.49. The first-order valence-electron chi connectivity index (χ1n) is 14.0. The molecule has 2 aliphatic rings. The molecule has 8 nitrogen and oxygen atoms in total. The molecule has 0 spiro atoms. The first kappa shape index (κ1) is 28.0. The first-order chi connectivity index (χ1) is 19.3. The summed E-state index contributed by atoms with van der Waals surface area (Å²) in [5.74, 6) is 0.650. The molecule has 0 unspecified atom stereocenters. The lowest BCUT2D eigenvalue weighted by Gasteiger charge is -2.36. The second-order valence-electron chi connectivity index (χ2n) is 10.5. The first-order valence-corrected chi connectivity index (χ1v) is 15.4. The Bertz CT molecular complexity index is 1430. The van der Waals surface area contributed by atoms with Crippen molar-refractivity contribution in [3.05, 3.63) is 83.4 Å². The molecule has 1 N–H and O–H groups in total. The molecule has 212 valence electrons. The largest absolute Gasteiger partial charge is 0.495 e. The van der Waals surface area contributed by atoms with Crippen LogP contribution in [0, 0.1) is 6.92 Å². The highest BCUT2D eigenvalue weighted by Crippen LogP contribution is 2.29. The number of nitrogens with one attached hydrogen (secondary N) is 1. The molecule has 40 heavy (non-hydrogen) atoms. The quantitative estimate of drug-likeness (QED) is 0.416. The molecule has 0 atom stereocenters. The van der Waals surface area contributed by atoms with Crippen LogP contribution < -0.4 is 14.4 Å². The number of carbonyl (C=O) groups excluding carboxylic acids is 1. The monoisotopic (exact) mass is 562 g/mol. The molecule has 0 aliphatic carbocycles. The van der Waals surface area contributed by atoms with Gasteiger partial charge in [0.25, 0.3) is 15.9 Å². The van der Waals surface area contributed by atoms with Crippen LogP contribution in [-0.2, 0) is 16.4 Å². The third-order valence-electron chi connectivity index (χ3n) is 7.86. The van der Waals surface area contributed by atoms with Gasteiger partial charge in [0.1, 0.15) is 5.75 Å². The third-order valence-corrected chi connectivity index (χ3v) is 9.24. The number of benzene rings is 3. The molecule has 2 saturated heterocycles. The Kier molecular flexibility index (Phi) is 8.61. The second kappa shape index (κ2) is 12.3. The minimum Gasteiger partial charge on any atom is -0.495 e. The summed E-state index contributed by atoms with van der Waals surface area (Å²) in [5.41, 5.74) is 3.85. The number of amides is 1. The number of sulfonamides is 1. The third kappa shape index (κ3) is 6.42. The second-order valence-corrected chi connectivity index (χ2v) is 12.2. The van der Waals surface area contributed by atoms with Crippen molar-refractivity contribution in [2.24, 2.45) is 0 Å². The molecule has 3 aromatic carbocycles. The number of carbonyl (C=O) groups is 1. The topological polar surface area (TPSA) is 82.2 Å². The fourth-order valence-electron chi connectivity index (χ4n) is 5.46. The number of hydrogen-bond acceptors (Lipinski definition) is 6. The van der Waals surface area contributed by atoms with Crippen LogP contribution in [0.3, 0.4) is 0 Å². The summed E-state index contributed by atoms with van der Waals surface area (Å²) in [6.45, 7) is 7.60. The normalized spacial score (nSPS) is 16.2. The molecule has 9 heteroatoms. The Morgan fingerprint density at radius 1 is 0.900 bits per heavy atom. The van der Waals surface area contributed by atoms with Crippen LogP contribution in [0.1, 0.15) is 34.3 Å². The SMILES string of the molecule is COc1ccccc1N1CCN(C(=O)c2cc(S(=O)(=O)Nc3ccc(CCN4CCCC4)cc3)ccc2C)CC1. The van der Waals surface area contributed by atoms with Gasteiger partial charge in [0.15, 0.2) is 0 Å². The predicted octanol–water partition coefficient (Wildman–Crippen LogP) is 4.41. The molecule has 0 saturated carbocycles. The highest BCUT2D eigenvalue weighted by Gasteiger charge is 2.26. The number of piperazine rings is 1. The smallest absolute Gasteiger partial charge is 0.261 e. The number of para-hydroxylation sites is 2. The van der Waals surface area contributed by atoms with Crippen molar-refractivity contribution in [3.63, 3.8) is 0 Å². The minimum absolute atomic E-state index is 0.0761. The van der Waals surface area contributed by atoms with Gasteiger partial charge in [0.05, 0.1) is 17.7 Å². The molecule has 5 rings (SSSR count). The molecule has 1 amide bonds. The summed E-state index contributed by atoms with van der Waals surface area (Å²) in [4.78, 5) is 20.0. The molecule has 2 fully saturated rings. The molecular formula is C31H38N4O4S. The number of methoxy groups -OCH3 is 1. The summed E-state index contributed by atoms with van der Waals surface area (Å²) in [5, 5.41) is 0. The van der Waals surface area contributed by atoms with Gasteiger partial charge in [-0.15, -0.1) is 0 Å². The van der Waals surface area contributed by atoms with Crippen LogP contribution >= 0.6 is 0 Å². The van der Waals surface area contributed by atoms with Crippen LogP contribution in [0.2, 0.25) is 0 Å². The maximum absolute atomic E-state index is 13.5. The predicted molar refractivity (Wildman–Crippen MR) is 159 cm³/mol. The zero-order valence-electron chi connectivity index (χ0n) is 23.3. The summed E-state index contributed by atoms with van der Waals surface area (Å²) in [6, 6.07) is 20.2. The van der Waals surface area contributed by atoms with Crippen LogP contribution in [0.4, 0.5) is 11.4 Å². The van der Waals surface area contributed by atoms with E-state index in [1.807, 2.05) is 43.3 Å². The summed E-state index contributed by atoms with van der Waals surface area (Å²) >= 11 is 0. The number of nitrogens with zero attached hydrogens (tertiary/aromatic N) is 3. The summed E-state index contributed by atoms with van der Waals surface area (Å²) in [6.07, 6.45) is 3.49. The maximum Gasteiger partial charge on any atom is 0.261 e. The van der Waals surface area contributed by atoms with E-state index in [9.17, 15) is 13.2 Å². The Balaban J connectivity index is 1.23. The number of anilines is 2. The lowest BCUT2D eigenvalue weighted by molar-refractivity contribution is 0.0745. The molecule has 2 aliphatic heterocycles. The molecule has 2 heterocycles. The molecule has 3 aromatic rings. The number of rotatable bonds is 9. The number of likely N-dealkylation sites (tertiary alicyclic amines) is 1. The van der Waals surface area contributed by atoms with E-state index < -0.39 is 10.0 Å². The Morgan fingerprint density at radius 3 is 2.30 bits per heavy atom. The van der Waals surface area contributed by atoms with Gasteiger partial charge in [-0.05, 0) is 86.8 Å². The number of hydrogen-bond donors (Lipinski definition) is 1. The van der Waals surface area contributed by atoms with Gasteiger partial charge >= 0.3 is 0 Å². The van der Waals surface area contributed by atoms with E-state index >= 15 is 0 Å². The van der Waals surface area contributed by atoms with Gasteiger partial charge < -0.3 is 19.4 Å². The lowest BCUT2D eigenvalue weighted by atomic mass is 10.1. The molecule has 0 radical (unpaired) electrons. The van der Waals surface area contributed by atoms with E-state index in [0.29, 0.717) is 37.4 Å². The highest BCUT2D eigenvalue weighted by atomic mass is 32.2. The van der Waals surface area contributed by atoms with Crippen molar-refractivity contribution < 1.29 is 17.9 Å². The van der Waals surface area contributed by atoms with E-state index in [1.54, 1.807) is 36.3 Å². The Hall–Kier alpha value is -3.56. The fraction of sp³-hybridized carbons (Fsp3) is 0.387. The minimum atomic E-state index is -3.86. The average Bonchev–Trinajstić information content (AvgIpc) is 3.50. The van der Waals surface area contributed by atoms with Gasteiger partial charge in [-0.3, -0.25) is 9.52 Å². The van der Waals surface area contributed by atoms with Gasteiger partial charge in [0.2, 0.25) is 0 Å². The zero-order valence-corrected chi connectivity index (χ0v) is 24.1. The number of aryl methyl sites for hydroxylation is 1. The molecule has 0 bridgehead atoms. The van der Waals surface area contributed by atoms with Crippen molar-refractivity contribution in [2.45, 2.75) is 31.1 Å². The Morgan fingerprint density at radius 2 is 1.60 bits per heavy atom. The number of ether oxygens (including phenoxy) is 1. The van der Waals surface area contributed by atoms with Crippen LogP contribution in [0.15, 0.2) is 71.6 Å². The summed E-state index contributed by atoms with van der Waals surface area (Å²) in [7, 11) is -2.20. The summed E-state index contributed by atoms with van der Waals surface area (Å²) < 4.78 is 34.7. The molecule has 0 aromatic heterocycles. The fourth-order valence-corrected chi connectivity index (χ4v) is 6.54.